The number of morpholine rings is 1. The zero-order valence-electron chi connectivity index (χ0n) is 12.9. The Kier molecular flexibility index (Phi) is 4.79. The van der Waals surface area contributed by atoms with E-state index in [-0.39, 0.29) is 24.5 Å². The Balaban J connectivity index is 1.79. The Morgan fingerprint density at radius 1 is 1.29 bits per heavy atom. The van der Waals surface area contributed by atoms with Gasteiger partial charge in [0.2, 0.25) is 0 Å². The average Bonchev–Trinajstić information content (AvgIpc) is 2.94. The molecule has 3 rings (SSSR count). The monoisotopic (exact) mass is 340 g/mol. The molecule has 7 nitrogen and oxygen atoms in total. The lowest BCUT2D eigenvalue weighted by Crippen LogP contribution is -2.37. The molecule has 0 aliphatic carbocycles. The van der Waals surface area contributed by atoms with Crippen LogP contribution in [0.25, 0.3) is 0 Å². The van der Waals surface area contributed by atoms with Crippen LogP contribution in [0.5, 0.6) is 0 Å². The number of ether oxygens (including phenoxy) is 2. The molecule has 130 valence electrons. The van der Waals surface area contributed by atoms with Gasteiger partial charge in [-0.3, -0.25) is 10.3 Å². The van der Waals surface area contributed by atoms with Crippen LogP contribution in [0.3, 0.4) is 0 Å². The maximum absolute atomic E-state index is 14.4. The van der Waals surface area contributed by atoms with E-state index in [1.54, 1.807) is 4.90 Å². The largest absolute Gasteiger partial charge is 0.442 e. The van der Waals surface area contributed by atoms with Crippen LogP contribution in [0.2, 0.25) is 0 Å². The third kappa shape index (κ3) is 3.25. The van der Waals surface area contributed by atoms with Crippen molar-refractivity contribution in [3.8, 4) is 0 Å². The number of nitrogens with zero attached hydrogens (tertiary/aromatic N) is 2. The summed E-state index contributed by atoms with van der Waals surface area (Å²) in [5, 5.41) is 9.53. The molecule has 2 fully saturated rings. The van der Waals surface area contributed by atoms with Gasteiger partial charge in [-0.15, -0.1) is 0 Å². The molecular weight excluding hydrogens is 322 g/mol. The number of hydrogen-bond acceptors (Lipinski definition) is 5. The zero-order valence-corrected chi connectivity index (χ0v) is 12.9. The Labute approximate surface area is 137 Å². The first kappa shape index (κ1) is 16.4. The lowest BCUT2D eigenvalue weighted by Gasteiger charge is -2.29. The number of carbonyl (C=O) groups excluding carboxylic acids is 1. The summed E-state index contributed by atoms with van der Waals surface area (Å²) in [5.74, 6) is -1.44. The Bertz CT molecular complexity index is 614. The van der Waals surface area contributed by atoms with E-state index in [0.717, 1.165) is 18.5 Å². The molecule has 2 N–H and O–H groups in total. The summed E-state index contributed by atoms with van der Waals surface area (Å²) in [5.41, 5.74) is 0.0148. The maximum atomic E-state index is 14.4. The third-order valence-corrected chi connectivity index (χ3v) is 3.96. The van der Waals surface area contributed by atoms with Crippen molar-refractivity contribution in [1.29, 1.82) is 5.41 Å². The molecule has 0 radical (unpaired) electrons. The van der Waals surface area contributed by atoms with Gasteiger partial charge in [0, 0.05) is 25.2 Å². The van der Waals surface area contributed by atoms with Crippen molar-refractivity contribution >= 4 is 23.8 Å². The van der Waals surface area contributed by atoms with Gasteiger partial charge in [-0.25, -0.2) is 13.6 Å². The SMILES string of the molecule is N=CNC[C@H]1CN(c2cc(F)c(N3CCOCC3)c(F)c2)C(=O)O1. The van der Waals surface area contributed by atoms with E-state index < -0.39 is 23.8 Å². The maximum Gasteiger partial charge on any atom is 0.414 e. The van der Waals surface area contributed by atoms with Crippen molar-refractivity contribution in [2.24, 2.45) is 0 Å². The van der Waals surface area contributed by atoms with Crippen molar-refractivity contribution in [2.45, 2.75) is 6.10 Å². The predicted molar refractivity (Wildman–Crippen MR) is 83.8 cm³/mol. The fourth-order valence-corrected chi connectivity index (χ4v) is 2.83. The van der Waals surface area contributed by atoms with Crippen LogP contribution in [-0.2, 0) is 9.47 Å². The standard InChI is InChI=1S/C15H18F2N4O3/c16-12-5-10(21-8-11(7-19-9-18)24-15(21)22)6-13(17)14(12)20-1-3-23-4-2-20/h5-6,9,11H,1-4,7-8H2,(H2,18,19)/t11-/m0/s1. The van der Waals surface area contributed by atoms with Crippen LogP contribution in [0.15, 0.2) is 12.1 Å². The highest BCUT2D eigenvalue weighted by molar-refractivity contribution is 5.90. The summed E-state index contributed by atoms with van der Waals surface area (Å²) < 4.78 is 39.2. The summed E-state index contributed by atoms with van der Waals surface area (Å²) in [6, 6.07) is 2.28. The van der Waals surface area contributed by atoms with Gasteiger partial charge in [-0.2, -0.15) is 0 Å². The molecular formula is C15H18F2N4O3. The molecule has 2 aliphatic rings. The number of hydrogen-bond donors (Lipinski definition) is 2. The summed E-state index contributed by atoms with van der Waals surface area (Å²) in [7, 11) is 0. The van der Waals surface area contributed by atoms with Gasteiger partial charge in [0.25, 0.3) is 0 Å². The summed E-state index contributed by atoms with van der Waals surface area (Å²) in [6.07, 6.45) is -0.152. The predicted octanol–water partition coefficient (Wildman–Crippen LogP) is 1.32. The Morgan fingerprint density at radius 3 is 2.58 bits per heavy atom. The first-order chi connectivity index (χ1) is 11.6. The molecule has 0 bridgehead atoms. The second-order valence-corrected chi connectivity index (χ2v) is 5.53. The molecule has 2 heterocycles. The number of cyclic esters (lactones) is 1. The van der Waals surface area contributed by atoms with Gasteiger partial charge in [0.1, 0.15) is 11.8 Å². The smallest absolute Gasteiger partial charge is 0.414 e. The molecule has 0 saturated carbocycles. The lowest BCUT2D eigenvalue weighted by atomic mass is 10.2. The number of benzene rings is 1. The van der Waals surface area contributed by atoms with Crippen LogP contribution >= 0.6 is 0 Å². The molecule has 0 aromatic heterocycles. The van der Waals surface area contributed by atoms with E-state index in [0.29, 0.717) is 26.3 Å². The fraction of sp³-hybridized carbons (Fsp3) is 0.467. The van der Waals surface area contributed by atoms with Gasteiger partial charge in [-0.1, -0.05) is 0 Å². The minimum Gasteiger partial charge on any atom is -0.442 e. The third-order valence-electron chi connectivity index (χ3n) is 3.96. The molecule has 2 aliphatic heterocycles. The molecule has 0 spiro atoms. The van der Waals surface area contributed by atoms with Crippen molar-refractivity contribution < 1.29 is 23.0 Å². The molecule has 1 amide bonds. The molecule has 1 aromatic carbocycles. The van der Waals surface area contributed by atoms with Gasteiger partial charge in [0.05, 0.1) is 38.3 Å². The van der Waals surface area contributed by atoms with E-state index in [1.165, 1.54) is 4.90 Å². The highest BCUT2D eigenvalue weighted by Crippen LogP contribution is 2.31. The number of anilines is 2. The highest BCUT2D eigenvalue weighted by Gasteiger charge is 2.33. The van der Waals surface area contributed by atoms with E-state index in [1.807, 2.05) is 0 Å². The first-order valence-electron chi connectivity index (χ1n) is 7.62. The number of nitrogens with one attached hydrogen (secondary N) is 2. The van der Waals surface area contributed by atoms with Gasteiger partial charge in [-0.05, 0) is 0 Å². The molecule has 24 heavy (non-hydrogen) atoms. The molecule has 2 saturated heterocycles. The number of rotatable bonds is 5. The summed E-state index contributed by atoms with van der Waals surface area (Å²) in [4.78, 5) is 14.7. The molecule has 0 unspecified atom stereocenters. The van der Waals surface area contributed by atoms with E-state index in [2.05, 4.69) is 5.32 Å². The van der Waals surface area contributed by atoms with Gasteiger partial charge < -0.3 is 19.7 Å². The Hall–Kier alpha value is -2.42. The lowest BCUT2D eigenvalue weighted by molar-refractivity contribution is 0.122. The van der Waals surface area contributed by atoms with Crippen LogP contribution in [0, 0.1) is 17.0 Å². The fourth-order valence-electron chi connectivity index (χ4n) is 2.83. The molecule has 1 aromatic rings. The second kappa shape index (κ2) is 7.00. The minimum atomic E-state index is -0.722. The average molecular weight is 340 g/mol. The van der Waals surface area contributed by atoms with Crippen LogP contribution in [-0.4, -0.2) is 57.9 Å². The second-order valence-electron chi connectivity index (χ2n) is 5.53. The number of carbonyl (C=O) groups is 1. The van der Waals surface area contributed by atoms with E-state index >= 15 is 0 Å². The molecule has 9 heteroatoms. The minimum absolute atomic E-state index is 0.100. The van der Waals surface area contributed by atoms with E-state index in [9.17, 15) is 13.6 Å². The quantitative estimate of drug-likeness (QED) is 0.624. The zero-order chi connectivity index (χ0) is 17.1. The Morgan fingerprint density at radius 2 is 1.96 bits per heavy atom. The van der Waals surface area contributed by atoms with Crippen LogP contribution in [0.1, 0.15) is 0 Å². The summed E-state index contributed by atoms with van der Waals surface area (Å²) >= 11 is 0. The first-order valence-corrected chi connectivity index (χ1v) is 7.62. The molecule has 1 atom stereocenters. The van der Waals surface area contributed by atoms with E-state index in [4.69, 9.17) is 14.9 Å². The van der Waals surface area contributed by atoms with Gasteiger partial charge in [0.15, 0.2) is 11.6 Å². The normalized spacial score (nSPS) is 20.9. The van der Waals surface area contributed by atoms with Crippen LogP contribution < -0.4 is 15.1 Å². The van der Waals surface area contributed by atoms with Crippen molar-refractivity contribution in [3.05, 3.63) is 23.8 Å². The summed E-state index contributed by atoms with van der Waals surface area (Å²) in [6.45, 7) is 2.09. The number of amides is 1. The van der Waals surface area contributed by atoms with Crippen molar-refractivity contribution in [3.63, 3.8) is 0 Å². The van der Waals surface area contributed by atoms with Crippen LogP contribution in [0.4, 0.5) is 25.0 Å². The van der Waals surface area contributed by atoms with Crippen molar-refractivity contribution in [1.82, 2.24) is 5.32 Å². The topological polar surface area (TPSA) is 77.9 Å². The van der Waals surface area contributed by atoms with Crippen molar-refractivity contribution in [2.75, 3.05) is 49.2 Å². The number of halogens is 2. The highest BCUT2D eigenvalue weighted by atomic mass is 19.1. The van der Waals surface area contributed by atoms with Gasteiger partial charge >= 0.3 is 6.09 Å².